The topological polar surface area (TPSA) is 117 Å². The molecular weight excluding hydrogens is 498 g/mol. The van der Waals surface area contributed by atoms with Crippen LogP contribution in [-0.4, -0.2) is 86.5 Å². The van der Waals surface area contributed by atoms with E-state index in [1.165, 1.54) is 5.56 Å². The number of piperidine rings is 3. The molecule has 0 radical (unpaired) electrons. The second-order valence-corrected chi connectivity index (χ2v) is 12.5. The number of benzene rings is 1. The lowest BCUT2D eigenvalue weighted by Crippen LogP contribution is -2.53. The molecule has 10 nitrogen and oxygen atoms in total. The average molecular weight is 540 g/mol. The van der Waals surface area contributed by atoms with Gasteiger partial charge in [-0.15, -0.1) is 0 Å². The van der Waals surface area contributed by atoms with Gasteiger partial charge in [-0.25, -0.2) is 4.79 Å². The highest BCUT2D eigenvalue weighted by Gasteiger charge is 2.38. The summed E-state index contributed by atoms with van der Waals surface area (Å²) in [6.07, 6.45) is 3.63. The van der Waals surface area contributed by atoms with Crippen molar-refractivity contribution in [1.82, 2.24) is 24.9 Å². The van der Waals surface area contributed by atoms with Crippen molar-refractivity contribution < 1.29 is 24.2 Å². The minimum atomic E-state index is -0.786. The van der Waals surface area contributed by atoms with Crippen LogP contribution < -0.4 is 5.32 Å². The summed E-state index contributed by atoms with van der Waals surface area (Å²) in [5, 5.41) is 19.3. The van der Waals surface area contributed by atoms with Crippen molar-refractivity contribution >= 4 is 28.8 Å². The Hall–Kier alpha value is -2.98. The lowest BCUT2D eigenvalue weighted by atomic mass is 9.86. The Bertz CT molecular complexity index is 1250. The van der Waals surface area contributed by atoms with Gasteiger partial charge in [0.25, 0.3) is 0 Å². The van der Waals surface area contributed by atoms with E-state index >= 15 is 0 Å². The highest BCUT2D eigenvalue weighted by Crippen LogP contribution is 2.35. The number of ether oxygens (including phenoxy) is 1. The molecule has 1 aromatic carbocycles. The van der Waals surface area contributed by atoms with Gasteiger partial charge < -0.3 is 19.6 Å². The molecule has 0 aliphatic carbocycles. The molecule has 1 unspecified atom stereocenters. The summed E-state index contributed by atoms with van der Waals surface area (Å²) >= 11 is 0. The first-order chi connectivity index (χ1) is 18.4. The fourth-order valence-corrected chi connectivity index (χ4v) is 6.20. The number of aryl methyl sites for hydroxylation is 1. The van der Waals surface area contributed by atoms with Gasteiger partial charge in [0.1, 0.15) is 5.60 Å². The number of nitrogens with one attached hydrogen (secondary N) is 1. The van der Waals surface area contributed by atoms with Crippen LogP contribution in [-0.2, 0) is 21.4 Å². The van der Waals surface area contributed by atoms with Gasteiger partial charge in [-0.2, -0.15) is 5.10 Å². The maximum Gasteiger partial charge on any atom is 0.410 e. The highest BCUT2D eigenvalue weighted by atomic mass is 16.6. The zero-order valence-electron chi connectivity index (χ0n) is 23.5. The van der Waals surface area contributed by atoms with Crippen LogP contribution in [0.4, 0.5) is 4.79 Å². The Morgan fingerprint density at radius 3 is 2.46 bits per heavy atom. The predicted molar refractivity (Wildman–Crippen MR) is 146 cm³/mol. The predicted octanol–water partition coefficient (Wildman–Crippen LogP) is 3.03. The van der Waals surface area contributed by atoms with E-state index in [4.69, 9.17) is 4.74 Å². The molecule has 3 fully saturated rings. The van der Waals surface area contributed by atoms with Crippen molar-refractivity contribution in [2.45, 2.75) is 82.3 Å². The Labute approximate surface area is 229 Å². The van der Waals surface area contributed by atoms with Crippen molar-refractivity contribution in [1.29, 1.82) is 0 Å². The average Bonchev–Trinajstić information content (AvgIpc) is 3.19. The maximum atomic E-state index is 12.4. The second-order valence-electron chi connectivity index (χ2n) is 12.5. The van der Waals surface area contributed by atoms with E-state index in [-0.39, 0.29) is 17.9 Å². The van der Waals surface area contributed by atoms with E-state index in [2.05, 4.69) is 33.5 Å². The summed E-state index contributed by atoms with van der Waals surface area (Å²) in [6, 6.07) is 6.42. The van der Waals surface area contributed by atoms with Gasteiger partial charge >= 0.3 is 6.09 Å². The largest absolute Gasteiger partial charge is 0.444 e. The van der Waals surface area contributed by atoms with Crippen LogP contribution in [0.1, 0.15) is 82.4 Å². The highest BCUT2D eigenvalue weighted by molar-refractivity contribution is 6.02. The van der Waals surface area contributed by atoms with Gasteiger partial charge in [0.15, 0.2) is 0 Å². The molecule has 0 spiro atoms. The number of likely N-dealkylation sites (tertiary alicyclic amines) is 2. The Morgan fingerprint density at radius 1 is 1.13 bits per heavy atom. The van der Waals surface area contributed by atoms with Crippen molar-refractivity contribution in [2.75, 3.05) is 32.7 Å². The first-order valence-corrected chi connectivity index (χ1v) is 14.1. The number of fused-ring (bicyclic) bond motifs is 1. The zero-order chi connectivity index (χ0) is 27.9. The third kappa shape index (κ3) is 6.11. The van der Waals surface area contributed by atoms with Gasteiger partial charge in [0.2, 0.25) is 11.8 Å². The number of nitrogens with zero attached hydrogens (tertiary/aromatic N) is 4. The molecule has 212 valence electrons. The number of imide groups is 1. The normalized spacial score (nSPS) is 23.2. The summed E-state index contributed by atoms with van der Waals surface area (Å²) in [4.78, 5) is 40.4. The van der Waals surface area contributed by atoms with Crippen LogP contribution in [0.15, 0.2) is 18.2 Å². The molecule has 2 N–H and O–H groups in total. The Balaban J connectivity index is 1.17. The quantitative estimate of drug-likeness (QED) is 0.574. The lowest BCUT2D eigenvalue weighted by Gasteiger charge is -2.42. The van der Waals surface area contributed by atoms with Gasteiger partial charge in [-0.1, -0.05) is 12.1 Å². The number of hydrogen-bond donors (Lipinski definition) is 2. The van der Waals surface area contributed by atoms with Crippen molar-refractivity contribution in [3.05, 3.63) is 29.5 Å². The minimum Gasteiger partial charge on any atom is -0.444 e. The van der Waals surface area contributed by atoms with E-state index in [1.807, 2.05) is 32.5 Å². The van der Waals surface area contributed by atoms with Gasteiger partial charge in [-0.05, 0) is 83.5 Å². The molecule has 5 rings (SSSR count). The van der Waals surface area contributed by atoms with Crippen LogP contribution in [0.5, 0.6) is 0 Å². The van der Waals surface area contributed by atoms with Gasteiger partial charge in [0.05, 0.1) is 22.7 Å². The third-order valence-electron chi connectivity index (χ3n) is 8.40. The molecule has 3 aliphatic heterocycles. The fourth-order valence-electron chi connectivity index (χ4n) is 6.20. The summed E-state index contributed by atoms with van der Waals surface area (Å²) in [5.41, 5.74) is 1.70. The standard InChI is InChI=1S/C29H41N5O5/c1-28(2,3)39-27(37)34-15-11-29(38,12-16-34)18-33-13-9-19(10-14-33)20-5-6-21-23(17-20)32(4)31-25(21)22-7-8-24(35)30-26(22)36/h5-6,17,19,22,38H,7-16,18H2,1-4H3,(H,30,35,36). The zero-order valence-corrected chi connectivity index (χ0v) is 23.5. The van der Waals surface area contributed by atoms with Crippen LogP contribution in [0.2, 0.25) is 0 Å². The number of amides is 3. The van der Waals surface area contributed by atoms with Crippen LogP contribution >= 0.6 is 0 Å². The minimum absolute atomic E-state index is 0.219. The molecule has 1 aromatic heterocycles. The lowest BCUT2D eigenvalue weighted by molar-refractivity contribution is -0.134. The van der Waals surface area contributed by atoms with Crippen LogP contribution in [0.25, 0.3) is 10.9 Å². The summed E-state index contributed by atoms with van der Waals surface area (Å²) < 4.78 is 7.32. The molecule has 39 heavy (non-hydrogen) atoms. The van der Waals surface area contributed by atoms with Crippen LogP contribution in [0, 0.1) is 0 Å². The molecule has 3 aliphatic rings. The monoisotopic (exact) mass is 539 g/mol. The first kappa shape index (κ1) is 27.6. The van der Waals surface area contributed by atoms with E-state index < -0.39 is 17.1 Å². The Kier molecular flexibility index (Phi) is 7.45. The molecular formula is C29H41N5O5. The number of aliphatic hydroxyl groups is 1. The summed E-state index contributed by atoms with van der Waals surface area (Å²) in [5.74, 6) is -0.464. The fraction of sp³-hybridized carbons (Fsp3) is 0.655. The van der Waals surface area contributed by atoms with Gasteiger partial charge in [-0.3, -0.25) is 19.6 Å². The SMILES string of the molecule is Cn1nc(C2CCC(=O)NC2=O)c2ccc(C3CCN(CC4(O)CCN(C(=O)OC(C)(C)C)CC4)CC3)cc21. The van der Waals surface area contributed by atoms with Crippen molar-refractivity contribution in [2.24, 2.45) is 7.05 Å². The molecule has 0 saturated carbocycles. The van der Waals surface area contributed by atoms with E-state index in [9.17, 15) is 19.5 Å². The second kappa shape index (κ2) is 10.5. The summed E-state index contributed by atoms with van der Waals surface area (Å²) in [6.45, 7) is 9.05. The number of carbonyl (C=O) groups excluding carboxylic acids is 3. The molecule has 4 heterocycles. The van der Waals surface area contributed by atoms with Crippen LogP contribution in [0.3, 0.4) is 0 Å². The van der Waals surface area contributed by atoms with Crippen molar-refractivity contribution in [3.8, 4) is 0 Å². The Morgan fingerprint density at radius 2 is 1.82 bits per heavy atom. The third-order valence-corrected chi connectivity index (χ3v) is 8.40. The number of hydrogen-bond acceptors (Lipinski definition) is 7. The maximum absolute atomic E-state index is 12.4. The number of β-amino-alcohol motifs (C(OH)–C–C–N with tert-alkyl or cyclic N) is 1. The number of rotatable bonds is 4. The number of carbonyl (C=O) groups is 3. The van der Waals surface area contributed by atoms with E-state index in [0.717, 1.165) is 42.5 Å². The smallest absolute Gasteiger partial charge is 0.410 e. The van der Waals surface area contributed by atoms with E-state index in [0.29, 0.717) is 51.2 Å². The molecule has 2 aromatic rings. The van der Waals surface area contributed by atoms with Crippen molar-refractivity contribution in [3.63, 3.8) is 0 Å². The molecule has 3 saturated heterocycles. The number of aromatic nitrogens is 2. The van der Waals surface area contributed by atoms with E-state index in [1.54, 1.807) is 4.90 Å². The summed E-state index contributed by atoms with van der Waals surface area (Å²) in [7, 11) is 1.90. The first-order valence-electron chi connectivity index (χ1n) is 14.1. The molecule has 1 atom stereocenters. The molecule has 3 amide bonds. The van der Waals surface area contributed by atoms with Gasteiger partial charge in [0, 0.05) is 38.5 Å². The molecule has 0 bridgehead atoms. The molecule has 10 heteroatoms.